The summed E-state index contributed by atoms with van der Waals surface area (Å²) in [6, 6.07) is 8.59. The van der Waals surface area contributed by atoms with Gasteiger partial charge >= 0.3 is 0 Å². The quantitative estimate of drug-likeness (QED) is 0.843. The predicted molar refractivity (Wildman–Crippen MR) is 87.3 cm³/mol. The highest BCUT2D eigenvalue weighted by molar-refractivity contribution is 5.87. The maximum absolute atomic E-state index is 12.7. The molecule has 0 saturated carbocycles. The van der Waals surface area contributed by atoms with Gasteiger partial charge in [0.2, 0.25) is 5.91 Å². The van der Waals surface area contributed by atoms with Gasteiger partial charge in [0.1, 0.15) is 0 Å². The Morgan fingerprint density at radius 3 is 2.57 bits per heavy atom. The third kappa shape index (κ3) is 3.65. The SMILES string of the molecule is CCCC1(C(=O)NC(C)c2ccc(CC)cc2)CCCN1. The molecule has 1 aliphatic rings. The summed E-state index contributed by atoms with van der Waals surface area (Å²) in [6.07, 6.45) is 5.03. The highest BCUT2D eigenvalue weighted by atomic mass is 16.2. The first-order chi connectivity index (χ1) is 10.1. The standard InChI is InChI=1S/C18H28N2O/c1-4-11-18(12-6-13-19-18)17(21)20-14(3)16-9-7-15(5-2)8-10-16/h7-10,14,19H,4-6,11-13H2,1-3H3,(H,20,21). The fourth-order valence-corrected chi connectivity index (χ4v) is 3.21. The second kappa shape index (κ2) is 7.08. The number of rotatable bonds is 6. The van der Waals surface area contributed by atoms with Crippen molar-refractivity contribution in [2.75, 3.05) is 6.54 Å². The molecule has 2 rings (SSSR count). The van der Waals surface area contributed by atoms with Gasteiger partial charge in [0.15, 0.2) is 0 Å². The summed E-state index contributed by atoms with van der Waals surface area (Å²) in [6.45, 7) is 7.31. The smallest absolute Gasteiger partial charge is 0.240 e. The van der Waals surface area contributed by atoms with E-state index in [2.05, 4.69) is 55.7 Å². The molecule has 1 aromatic carbocycles. The Bertz CT molecular complexity index is 461. The minimum atomic E-state index is -0.341. The molecule has 0 spiro atoms. The Kier molecular flexibility index (Phi) is 5.40. The van der Waals surface area contributed by atoms with E-state index in [1.807, 2.05) is 0 Å². The minimum Gasteiger partial charge on any atom is -0.348 e. The molecule has 0 aliphatic carbocycles. The Morgan fingerprint density at radius 1 is 1.33 bits per heavy atom. The molecule has 1 aliphatic heterocycles. The van der Waals surface area contributed by atoms with Gasteiger partial charge in [-0.3, -0.25) is 4.79 Å². The zero-order valence-corrected chi connectivity index (χ0v) is 13.5. The maximum atomic E-state index is 12.7. The van der Waals surface area contributed by atoms with Gasteiger partial charge in [-0.25, -0.2) is 0 Å². The average molecular weight is 288 g/mol. The van der Waals surface area contributed by atoms with Crippen molar-refractivity contribution >= 4 is 5.91 Å². The van der Waals surface area contributed by atoms with E-state index in [9.17, 15) is 4.79 Å². The van der Waals surface area contributed by atoms with Crippen LogP contribution in [-0.2, 0) is 11.2 Å². The molecule has 0 radical (unpaired) electrons. The second-order valence-corrected chi connectivity index (χ2v) is 6.15. The summed E-state index contributed by atoms with van der Waals surface area (Å²) in [4.78, 5) is 12.7. The van der Waals surface area contributed by atoms with Crippen LogP contribution in [0.1, 0.15) is 63.6 Å². The topological polar surface area (TPSA) is 41.1 Å². The molecule has 2 unspecified atom stereocenters. The lowest BCUT2D eigenvalue weighted by atomic mass is 9.90. The number of amides is 1. The van der Waals surface area contributed by atoms with Crippen molar-refractivity contribution in [1.82, 2.24) is 10.6 Å². The zero-order valence-electron chi connectivity index (χ0n) is 13.5. The summed E-state index contributed by atoms with van der Waals surface area (Å²) in [5, 5.41) is 6.63. The Morgan fingerprint density at radius 2 is 2.05 bits per heavy atom. The van der Waals surface area contributed by atoms with Gasteiger partial charge in [-0.2, -0.15) is 0 Å². The van der Waals surface area contributed by atoms with Crippen LogP contribution in [0.15, 0.2) is 24.3 Å². The number of hydrogen-bond acceptors (Lipinski definition) is 2. The number of nitrogens with one attached hydrogen (secondary N) is 2. The molecule has 116 valence electrons. The van der Waals surface area contributed by atoms with Gasteiger partial charge in [-0.15, -0.1) is 0 Å². The lowest BCUT2D eigenvalue weighted by molar-refractivity contribution is -0.128. The van der Waals surface area contributed by atoms with Crippen LogP contribution in [0.2, 0.25) is 0 Å². The molecule has 2 atom stereocenters. The average Bonchev–Trinajstić information content (AvgIpc) is 2.97. The molecule has 1 aromatic rings. The maximum Gasteiger partial charge on any atom is 0.240 e. The minimum absolute atomic E-state index is 0.0551. The molecule has 1 amide bonds. The first-order valence-corrected chi connectivity index (χ1v) is 8.26. The third-order valence-corrected chi connectivity index (χ3v) is 4.59. The number of benzene rings is 1. The Balaban J connectivity index is 2.03. The monoisotopic (exact) mass is 288 g/mol. The van der Waals surface area contributed by atoms with Crippen molar-refractivity contribution in [3.8, 4) is 0 Å². The number of hydrogen-bond donors (Lipinski definition) is 2. The van der Waals surface area contributed by atoms with E-state index in [0.717, 1.165) is 38.6 Å². The largest absolute Gasteiger partial charge is 0.348 e. The first kappa shape index (κ1) is 16.0. The molecular weight excluding hydrogens is 260 g/mol. The molecule has 21 heavy (non-hydrogen) atoms. The predicted octanol–water partition coefficient (Wildman–Crippen LogP) is 3.35. The van der Waals surface area contributed by atoms with Gasteiger partial charge in [0.25, 0.3) is 0 Å². The van der Waals surface area contributed by atoms with E-state index < -0.39 is 0 Å². The summed E-state index contributed by atoms with van der Waals surface area (Å²) in [7, 11) is 0. The number of carbonyl (C=O) groups excluding carboxylic acids is 1. The molecule has 2 N–H and O–H groups in total. The van der Waals surface area contributed by atoms with Crippen LogP contribution in [0.5, 0.6) is 0 Å². The van der Waals surface area contributed by atoms with E-state index in [-0.39, 0.29) is 17.5 Å². The third-order valence-electron chi connectivity index (χ3n) is 4.59. The van der Waals surface area contributed by atoms with E-state index in [0.29, 0.717) is 0 Å². The summed E-state index contributed by atoms with van der Waals surface area (Å²) in [5.41, 5.74) is 2.16. The molecule has 3 heteroatoms. The fraction of sp³-hybridized carbons (Fsp3) is 0.611. The molecule has 1 saturated heterocycles. The van der Waals surface area contributed by atoms with Gasteiger partial charge < -0.3 is 10.6 Å². The van der Waals surface area contributed by atoms with Crippen molar-refractivity contribution < 1.29 is 4.79 Å². The lowest BCUT2D eigenvalue weighted by Gasteiger charge is -2.29. The number of carbonyl (C=O) groups is 1. The van der Waals surface area contributed by atoms with E-state index in [1.54, 1.807) is 0 Å². The van der Waals surface area contributed by atoms with Crippen LogP contribution in [0.3, 0.4) is 0 Å². The molecule has 1 heterocycles. The van der Waals surface area contributed by atoms with Crippen molar-refractivity contribution in [1.29, 1.82) is 0 Å². The van der Waals surface area contributed by atoms with Gasteiger partial charge in [0.05, 0.1) is 11.6 Å². The van der Waals surface area contributed by atoms with Crippen LogP contribution in [0, 0.1) is 0 Å². The van der Waals surface area contributed by atoms with Crippen molar-refractivity contribution in [3.05, 3.63) is 35.4 Å². The number of aryl methyl sites for hydroxylation is 1. The Labute approximate surface area is 128 Å². The van der Waals surface area contributed by atoms with Crippen LogP contribution in [0.25, 0.3) is 0 Å². The van der Waals surface area contributed by atoms with Gasteiger partial charge in [0, 0.05) is 0 Å². The van der Waals surface area contributed by atoms with Crippen LogP contribution in [-0.4, -0.2) is 18.0 Å². The summed E-state index contributed by atoms with van der Waals surface area (Å²) < 4.78 is 0. The van der Waals surface area contributed by atoms with E-state index in [1.165, 1.54) is 11.1 Å². The molecule has 0 bridgehead atoms. The summed E-state index contributed by atoms with van der Waals surface area (Å²) >= 11 is 0. The highest BCUT2D eigenvalue weighted by Crippen LogP contribution is 2.26. The molecule has 0 aromatic heterocycles. The van der Waals surface area contributed by atoms with Crippen molar-refractivity contribution in [3.63, 3.8) is 0 Å². The lowest BCUT2D eigenvalue weighted by Crippen LogP contribution is -2.53. The molecule has 3 nitrogen and oxygen atoms in total. The van der Waals surface area contributed by atoms with Gasteiger partial charge in [-0.1, -0.05) is 44.5 Å². The van der Waals surface area contributed by atoms with Crippen LogP contribution in [0.4, 0.5) is 0 Å². The Hall–Kier alpha value is -1.35. The normalized spacial score (nSPS) is 23.0. The van der Waals surface area contributed by atoms with E-state index >= 15 is 0 Å². The highest BCUT2D eigenvalue weighted by Gasteiger charge is 2.40. The van der Waals surface area contributed by atoms with Crippen molar-refractivity contribution in [2.45, 2.75) is 64.5 Å². The zero-order chi connectivity index (χ0) is 15.3. The van der Waals surface area contributed by atoms with E-state index in [4.69, 9.17) is 0 Å². The second-order valence-electron chi connectivity index (χ2n) is 6.15. The fourth-order valence-electron chi connectivity index (χ4n) is 3.21. The molecular formula is C18H28N2O. The van der Waals surface area contributed by atoms with Crippen LogP contribution >= 0.6 is 0 Å². The van der Waals surface area contributed by atoms with Crippen LogP contribution < -0.4 is 10.6 Å². The van der Waals surface area contributed by atoms with Gasteiger partial charge in [-0.05, 0) is 50.3 Å². The molecule has 1 fully saturated rings. The van der Waals surface area contributed by atoms with Crippen molar-refractivity contribution in [2.24, 2.45) is 0 Å². The first-order valence-electron chi connectivity index (χ1n) is 8.26. The summed E-state index contributed by atoms with van der Waals surface area (Å²) in [5.74, 6) is 0.161.